The fraction of sp³-hybridized carbons (Fsp3) is 0.182. The Morgan fingerprint density at radius 3 is 2.34 bits per heavy atom. The number of Topliss-reactive ketones (excluding diaryl/α,β-unsaturated/α-hetero) is 1. The maximum absolute atomic E-state index is 13.4. The molecule has 0 bridgehead atoms. The molecule has 0 N–H and O–H groups in total. The number of ketones is 1. The van der Waals surface area contributed by atoms with E-state index in [0.29, 0.717) is 11.3 Å². The summed E-state index contributed by atoms with van der Waals surface area (Å²) in [7, 11) is 0. The van der Waals surface area contributed by atoms with Crippen LogP contribution in [0.4, 0.5) is 5.69 Å². The van der Waals surface area contributed by atoms with E-state index in [-0.39, 0.29) is 17.6 Å². The van der Waals surface area contributed by atoms with Crippen LogP contribution < -0.4 is 4.90 Å². The van der Waals surface area contributed by atoms with Crippen LogP contribution in [-0.2, 0) is 9.59 Å². The molecule has 2 fully saturated rings. The van der Waals surface area contributed by atoms with Crippen molar-refractivity contribution in [3.05, 3.63) is 76.8 Å². The van der Waals surface area contributed by atoms with Crippen LogP contribution in [0.1, 0.15) is 10.4 Å². The van der Waals surface area contributed by atoms with E-state index in [9.17, 15) is 14.4 Å². The summed E-state index contributed by atoms with van der Waals surface area (Å²) >= 11 is 3.37. The van der Waals surface area contributed by atoms with E-state index in [2.05, 4.69) is 21.0 Å². The van der Waals surface area contributed by atoms with Crippen LogP contribution in [0.3, 0.4) is 0 Å². The van der Waals surface area contributed by atoms with E-state index < -0.39 is 23.9 Å². The fourth-order valence-electron chi connectivity index (χ4n) is 4.46. The molecule has 7 heteroatoms. The van der Waals surface area contributed by atoms with Crippen molar-refractivity contribution in [2.45, 2.75) is 12.1 Å². The number of rotatable bonds is 3. The molecule has 0 unspecified atom stereocenters. The number of hydrazone groups is 1. The monoisotopic (exact) mass is 449 g/mol. The van der Waals surface area contributed by atoms with Gasteiger partial charge in [-0.05, 0) is 30.3 Å². The molecule has 3 aliphatic heterocycles. The summed E-state index contributed by atoms with van der Waals surface area (Å²) in [4.78, 5) is 41.3. The Hall–Kier alpha value is -3.06. The Morgan fingerprint density at radius 2 is 1.62 bits per heavy atom. The first-order valence-electron chi connectivity index (χ1n) is 9.29. The third kappa shape index (κ3) is 2.68. The minimum absolute atomic E-state index is 0.200. The number of hydrogen-bond donors (Lipinski definition) is 0. The minimum Gasteiger partial charge on any atom is -0.292 e. The zero-order chi connectivity index (χ0) is 20.1. The molecule has 6 nitrogen and oxygen atoms in total. The predicted octanol–water partition coefficient (Wildman–Crippen LogP) is 3.05. The van der Waals surface area contributed by atoms with Gasteiger partial charge in [0.05, 0.1) is 23.6 Å². The topological polar surface area (TPSA) is 70.0 Å². The maximum Gasteiger partial charge on any atom is 0.240 e. The highest BCUT2D eigenvalue weighted by molar-refractivity contribution is 9.10. The number of benzene rings is 2. The predicted molar refractivity (Wildman–Crippen MR) is 111 cm³/mol. The first kappa shape index (κ1) is 18.0. The van der Waals surface area contributed by atoms with Gasteiger partial charge < -0.3 is 0 Å². The number of allylic oxidation sites excluding steroid dienone is 1. The van der Waals surface area contributed by atoms with Crippen molar-refractivity contribution in [1.82, 2.24) is 5.01 Å². The van der Waals surface area contributed by atoms with Crippen LogP contribution in [-0.4, -0.2) is 40.9 Å². The fourth-order valence-corrected chi connectivity index (χ4v) is 4.72. The first-order chi connectivity index (χ1) is 14.1. The highest BCUT2D eigenvalue weighted by atomic mass is 79.9. The molecule has 144 valence electrons. The summed E-state index contributed by atoms with van der Waals surface area (Å²) in [6.45, 7) is 0. The van der Waals surface area contributed by atoms with Crippen molar-refractivity contribution in [2.75, 3.05) is 4.90 Å². The highest BCUT2D eigenvalue weighted by Gasteiger charge is 2.64. The van der Waals surface area contributed by atoms with Crippen LogP contribution in [0.2, 0.25) is 0 Å². The standard InChI is InChI=1S/C22H16BrN3O3/c23-14-8-10-15(11-9-14)25-21(28)17-16-7-4-12-24-26(16)19(18(17)22(25)29)20(27)13-5-2-1-3-6-13/h1-12,16-19H/t16-,17-,18-,19+/m1/s1. The Bertz CT molecular complexity index is 1060. The lowest BCUT2D eigenvalue weighted by atomic mass is 9.86. The van der Waals surface area contributed by atoms with E-state index in [4.69, 9.17) is 0 Å². The number of imide groups is 1. The molecule has 0 aliphatic carbocycles. The SMILES string of the molecule is O=C(c1ccccc1)[C@@H]1[C@@H]2C(=O)N(c3ccc(Br)cc3)C(=O)[C@@H]2[C@H]2C=CC=NN21. The van der Waals surface area contributed by atoms with Crippen LogP contribution in [0.15, 0.2) is 76.3 Å². The number of fused-ring (bicyclic) bond motifs is 3. The van der Waals surface area contributed by atoms with Crippen molar-refractivity contribution in [2.24, 2.45) is 16.9 Å². The van der Waals surface area contributed by atoms with E-state index in [1.54, 1.807) is 65.8 Å². The largest absolute Gasteiger partial charge is 0.292 e. The van der Waals surface area contributed by atoms with Gasteiger partial charge in [0.25, 0.3) is 0 Å². The summed E-state index contributed by atoms with van der Waals surface area (Å²) in [5.41, 5.74) is 1.02. The molecule has 0 saturated carbocycles. The van der Waals surface area contributed by atoms with Gasteiger partial charge in [-0.2, -0.15) is 5.10 Å². The normalized spacial score (nSPS) is 27.3. The van der Waals surface area contributed by atoms with Gasteiger partial charge in [0.1, 0.15) is 6.04 Å². The van der Waals surface area contributed by atoms with Crippen molar-refractivity contribution >= 4 is 45.4 Å². The Kier molecular flexibility index (Phi) is 4.20. The molecule has 2 amide bonds. The maximum atomic E-state index is 13.4. The molecule has 2 saturated heterocycles. The molecule has 0 aromatic heterocycles. The van der Waals surface area contributed by atoms with Crippen LogP contribution in [0.5, 0.6) is 0 Å². The molecule has 3 aliphatic rings. The molecule has 4 atom stereocenters. The zero-order valence-corrected chi connectivity index (χ0v) is 16.8. The van der Waals surface area contributed by atoms with Gasteiger partial charge in [-0.1, -0.05) is 52.3 Å². The lowest BCUT2D eigenvalue weighted by molar-refractivity contribution is -0.123. The average Bonchev–Trinajstić information content (AvgIpc) is 3.22. The van der Waals surface area contributed by atoms with E-state index >= 15 is 0 Å². The lowest BCUT2D eigenvalue weighted by Crippen LogP contribution is -2.46. The van der Waals surface area contributed by atoms with Gasteiger partial charge in [-0.15, -0.1) is 0 Å². The number of amides is 2. The number of carbonyl (C=O) groups excluding carboxylic acids is 3. The molecular formula is C22H16BrN3O3. The number of carbonyl (C=O) groups is 3. The smallest absolute Gasteiger partial charge is 0.240 e. The third-order valence-electron chi connectivity index (χ3n) is 5.70. The number of nitrogens with zero attached hydrogens (tertiary/aromatic N) is 3. The van der Waals surface area contributed by atoms with Crippen molar-refractivity contribution in [3.63, 3.8) is 0 Å². The summed E-state index contributed by atoms with van der Waals surface area (Å²) in [5.74, 6) is -2.26. The molecule has 3 heterocycles. The molecule has 0 radical (unpaired) electrons. The van der Waals surface area contributed by atoms with Crippen molar-refractivity contribution in [3.8, 4) is 0 Å². The minimum atomic E-state index is -0.814. The van der Waals surface area contributed by atoms with E-state index in [1.807, 2.05) is 12.1 Å². The van der Waals surface area contributed by atoms with E-state index in [1.165, 1.54) is 4.90 Å². The Morgan fingerprint density at radius 1 is 0.931 bits per heavy atom. The second-order valence-corrected chi connectivity index (χ2v) is 8.15. The number of anilines is 1. The van der Waals surface area contributed by atoms with Crippen LogP contribution >= 0.6 is 15.9 Å². The summed E-state index contributed by atoms with van der Waals surface area (Å²) in [6, 6.07) is 14.6. The zero-order valence-electron chi connectivity index (χ0n) is 15.2. The second-order valence-electron chi connectivity index (χ2n) is 7.24. The quantitative estimate of drug-likeness (QED) is 0.533. The molecule has 2 aromatic carbocycles. The molecule has 5 rings (SSSR count). The average molecular weight is 450 g/mol. The van der Waals surface area contributed by atoms with Gasteiger partial charge in [0.15, 0.2) is 5.78 Å². The highest BCUT2D eigenvalue weighted by Crippen LogP contribution is 2.46. The number of hydrogen-bond acceptors (Lipinski definition) is 5. The van der Waals surface area contributed by atoms with Crippen LogP contribution in [0.25, 0.3) is 0 Å². The molecule has 0 spiro atoms. The lowest BCUT2D eigenvalue weighted by Gasteiger charge is -2.30. The second kappa shape index (κ2) is 6.77. The summed E-state index contributed by atoms with van der Waals surface area (Å²) in [5, 5.41) is 5.98. The van der Waals surface area contributed by atoms with Crippen molar-refractivity contribution < 1.29 is 14.4 Å². The van der Waals surface area contributed by atoms with Gasteiger partial charge >= 0.3 is 0 Å². The van der Waals surface area contributed by atoms with Gasteiger partial charge in [0, 0.05) is 16.3 Å². The van der Waals surface area contributed by atoms with Crippen molar-refractivity contribution in [1.29, 1.82) is 0 Å². The summed E-state index contributed by atoms with van der Waals surface area (Å²) < 4.78 is 0.855. The van der Waals surface area contributed by atoms with Gasteiger partial charge in [-0.25, -0.2) is 4.90 Å². The summed E-state index contributed by atoms with van der Waals surface area (Å²) in [6.07, 6.45) is 5.19. The molecule has 2 aromatic rings. The third-order valence-corrected chi connectivity index (χ3v) is 6.23. The van der Waals surface area contributed by atoms with E-state index in [0.717, 1.165) is 4.47 Å². The Labute approximate surface area is 175 Å². The Balaban J connectivity index is 1.58. The van der Waals surface area contributed by atoms with Gasteiger partial charge in [0.2, 0.25) is 11.8 Å². The first-order valence-corrected chi connectivity index (χ1v) is 10.1. The van der Waals surface area contributed by atoms with Crippen LogP contribution in [0, 0.1) is 11.8 Å². The molecular weight excluding hydrogens is 434 g/mol. The van der Waals surface area contributed by atoms with Gasteiger partial charge in [-0.3, -0.25) is 19.4 Å². The number of halogens is 1. The molecule has 29 heavy (non-hydrogen) atoms.